The van der Waals surface area contributed by atoms with E-state index in [0.717, 1.165) is 50.8 Å². The summed E-state index contributed by atoms with van der Waals surface area (Å²) in [5, 5.41) is 19.3. The number of nitrogens with zero attached hydrogens (tertiary/aromatic N) is 1. The number of hydrogen-bond donors (Lipinski definition) is 2. The number of aliphatic hydroxyl groups is 2. The van der Waals surface area contributed by atoms with Crippen molar-refractivity contribution in [1.29, 1.82) is 0 Å². The lowest BCUT2D eigenvalue weighted by atomic mass is 10.0. The van der Waals surface area contributed by atoms with Crippen LogP contribution in [0.3, 0.4) is 0 Å². The Kier molecular flexibility index (Phi) is 15.4. The van der Waals surface area contributed by atoms with E-state index in [2.05, 4.69) is 6.92 Å². The van der Waals surface area contributed by atoms with Crippen LogP contribution in [-0.4, -0.2) is 34.9 Å². The number of carbonyl (C=O) groups excluding carboxylic acids is 1. The molecule has 0 saturated carbocycles. The van der Waals surface area contributed by atoms with Crippen molar-refractivity contribution in [3.63, 3.8) is 0 Å². The second-order valence-electron chi connectivity index (χ2n) is 8.50. The molecule has 0 aliphatic rings. The Bertz CT molecular complexity index is 534. The number of carbonyl (C=O) groups is 1. The Morgan fingerprint density at radius 3 is 1.93 bits per heavy atom. The van der Waals surface area contributed by atoms with Crippen LogP contribution in [0, 0.1) is 0 Å². The van der Waals surface area contributed by atoms with E-state index < -0.39 is 12.2 Å². The van der Waals surface area contributed by atoms with E-state index in [9.17, 15) is 15.0 Å². The molecule has 1 aromatic rings. The molecule has 2 N–H and O–H groups in total. The second kappa shape index (κ2) is 17.3. The highest BCUT2D eigenvalue weighted by atomic mass is 16.3. The number of anilines is 1. The minimum absolute atomic E-state index is 0.255. The summed E-state index contributed by atoms with van der Waals surface area (Å²) in [6.07, 6.45) is 13.4. The molecule has 30 heavy (non-hydrogen) atoms. The first-order chi connectivity index (χ1) is 14.6. The summed E-state index contributed by atoms with van der Waals surface area (Å²) >= 11 is 0. The zero-order chi connectivity index (χ0) is 22.0. The van der Waals surface area contributed by atoms with Crippen molar-refractivity contribution in [1.82, 2.24) is 0 Å². The first-order valence-corrected chi connectivity index (χ1v) is 12.3. The summed E-state index contributed by atoms with van der Waals surface area (Å²) in [7, 11) is 0. The maximum absolute atomic E-state index is 12.7. The summed E-state index contributed by atoms with van der Waals surface area (Å²) in [5.74, 6) is 0.255. The lowest BCUT2D eigenvalue weighted by Crippen LogP contribution is -2.31. The Morgan fingerprint density at radius 2 is 1.37 bits per heavy atom. The van der Waals surface area contributed by atoms with E-state index >= 15 is 0 Å². The lowest BCUT2D eigenvalue weighted by Gasteiger charge is -2.22. The molecule has 1 aromatic carbocycles. The van der Waals surface area contributed by atoms with Crippen LogP contribution in [0.4, 0.5) is 5.69 Å². The van der Waals surface area contributed by atoms with Crippen molar-refractivity contribution in [3.05, 3.63) is 30.3 Å². The fourth-order valence-electron chi connectivity index (χ4n) is 3.79. The van der Waals surface area contributed by atoms with Crippen LogP contribution in [0.1, 0.15) is 104 Å². The van der Waals surface area contributed by atoms with Crippen LogP contribution >= 0.6 is 0 Å². The predicted octanol–water partition coefficient (Wildman–Crippen LogP) is 6.24. The van der Waals surface area contributed by atoms with Crippen LogP contribution in [0.2, 0.25) is 0 Å². The molecule has 0 radical (unpaired) electrons. The minimum atomic E-state index is -0.566. The molecule has 1 rings (SSSR count). The van der Waals surface area contributed by atoms with Gasteiger partial charge in [-0.25, -0.2) is 0 Å². The molecule has 0 saturated heterocycles. The van der Waals surface area contributed by atoms with Gasteiger partial charge in [-0.2, -0.15) is 0 Å². The summed E-state index contributed by atoms with van der Waals surface area (Å²) in [4.78, 5) is 14.6. The van der Waals surface area contributed by atoms with Gasteiger partial charge < -0.3 is 15.1 Å². The van der Waals surface area contributed by atoms with Gasteiger partial charge in [-0.05, 0) is 37.8 Å². The van der Waals surface area contributed by atoms with E-state index in [1.165, 1.54) is 32.1 Å². The lowest BCUT2D eigenvalue weighted by molar-refractivity contribution is -0.118. The predicted molar refractivity (Wildman–Crippen MR) is 127 cm³/mol. The van der Waals surface area contributed by atoms with Crippen LogP contribution in [-0.2, 0) is 4.79 Å². The molecule has 0 aliphatic carbocycles. The topological polar surface area (TPSA) is 60.8 Å². The van der Waals surface area contributed by atoms with Gasteiger partial charge in [-0.3, -0.25) is 4.79 Å². The summed E-state index contributed by atoms with van der Waals surface area (Å²) < 4.78 is 0. The summed E-state index contributed by atoms with van der Waals surface area (Å²) in [6, 6.07) is 10.0. The minimum Gasteiger partial charge on any atom is -0.390 e. The molecule has 2 unspecified atom stereocenters. The van der Waals surface area contributed by atoms with Gasteiger partial charge >= 0.3 is 0 Å². The maximum Gasteiger partial charge on any atom is 0.226 e. The average Bonchev–Trinajstić information content (AvgIpc) is 2.77. The molecule has 0 heterocycles. The number of benzene rings is 1. The molecule has 2 atom stereocenters. The van der Waals surface area contributed by atoms with Crippen molar-refractivity contribution in [2.75, 3.05) is 11.4 Å². The van der Waals surface area contributed by atoms with E-state index in [0.29, 0.717) is 19.3 Å². The molecule has 0 aromatic heterocycles. The number of unbranched alkanes of at least 4 members (excludes halogenated alkanes) is 9. The fourth-order valence-corrected chi connectivity index (χ4v) is 3.79. The Balaban J connectivity index is 2.06. The third-order valence-electron chi connectivity index (χ3n) is 5.86. The molecule has 0 fully saturated rings. The Morgan fingerprint density at radius 1 is 0.800 bits per heavy atom. The highest BCUT2D eigenvalue weighted by Crippen LogP contribution is 2.18. The quantitative estimate of drug-likeness (QED) is 0.277. The molecule has 0 bridgehead atoms. The largest absolute Gasteiger partial charge is 0.390 e. The van der Waals surface area contributed by atoms with E-state index in [4.69, 9.17) is 0 Å². The molecule has 1 amide bonds. The van der Waals surface area contributed by atoms with Gasteiger partial charge in [-0.1, -0.05) is 89.8 Å². The monoisotopic (exact) mass is 419 g/mol. The first-order valence-electron chi connectivity index (χ1n) is 12.3. The van der Waals surface area contributed by atoms with Gasteiger partial charge in [0, 0.05) is 18.7 Å². The van der Waals surface area contributed by atoms with E-state index in [1.54, 1.807) is 0 Å². The zero-order valence-corrected chi connectivity index (χ0v) is 19.4. The zero-order valence-electron chi connectivity index (χ0n) is 19.4. The molecule has 4 heteroatoms. The van der Waals surface area contributed by atoms with Crippen molar-refractivity contribution >= 4 is 11.6 Å². The summed E-state index contributed by atoms with van der Waals surface area (Å²) in [6.45, 7) is 4.87. The third-order valence-corrected chi connectivity index (χ3v) is 5.86. The van der Waals surface area contributed by atoms with Crippen LogP contribution in [0.5, 0.6) is 0 Å². The summed E-state index contributed by atoms with van der Waals surface area (Å²) in [5.41, 5.74) is 1.02. The second-order valence-corrected chi connectivity index (χ2v) is 8.50. The van der Waals surface area contributed by atoms with Gasteiger partial charge in [0.05, 0.1) is 12.2 Å². The first kappa shape index (κ1) is 26.6. The number of hydrogen-bond acceptors (Lipinski definition) is 3. The Labute approximate surface area is 184 Å². The van der Waals surface area contributed by atoms with Gasteiger partial charge in [0.2, 0.25) is 5.91 Å². The van der Waals surface area contributed by atoms with E-state index in [1.807, 2.05) is 42.2 Å². The van der Waals surface area contributed by atoms with Crippen molar-refractivity contribution < 1.29 is 15.0 Å². The standard InChI is InChI=1S/C26H45NO3/c1-3-5-22-27(23-18-14-13-15-19-23)26(30)21-17-12-10-8-6-7-9-11-16-20-25(29)24(28)4-2/h13-15,18-19,24-25,28-29H,3-12,16-17,20-22H2,1-2H3. The van der Waals surface area contributed by atoms with Crippen LogP contribution in [0.25, 0.3) is 0 Å². The van der Waals surface area contributed by atoms with Crippen molar-refractivity contribution in [2.24, 2.45) is 0 Å². The highest BCUT2D eigenvalue weighted by molar-refractivity contribution is 5.93. The average molecular weight is 420 g/mol. The van der Waals surface area contributed by atoms with Gasteiger partial charge in [0.1, 0.15) is 0 Å². The van der Waals surface area contributed by atoms with Crippen LogP contribution < -0.4 is 4.90 Å². The van der Waals surface area contributed by atoms with Gasteiger partial charge in [-0.15, -0.1) is 0 Å². The molecular formula is C26H45NO3. The molecule has 4 nitrogen and oxygen atoms in total. The molecule has 172 valence electrons. The molecule has 0 aliphatic heterocycles. The SMILES string of the molecule is CCCCN(C(=O)CCCCCCCCCCCC(O)C(O)CC)c1ccccc1. The number of amides is 1. The molecule has 0 spiro atoms. The fraction of sp³-hybridized carbons (Fsp3) is 0.731. The number of rotatable bonds is 18. The molecular weight excluding hydrogens is 374 g/mol. The normalized spacial score (nSPS) is 13.2. The van der Waals surface area contributed by atoms with Gasteiger partial charge in [0.15, 0.2) is 0 Å². The van der Waals surface area contributed by atoms with Crippen molar-refractivity contribution in [3.8, 4) is 0 Å². The number of aliphatic hydroxyl groups excluding tert-OH is 2. The third kappa shape index (κ3) is 11.7. The number of para-hydroxylation sites is 1. The smallest absolute Gasteiger partial charge is 0.226 e. The highest BCUT2D eigenvalue weighted by Gasteiger charge is 2.14. The van der Waals surface area contributed by atoms with Crippen molar-refractivity contribution in [2.45, 2.75) is 116 Å². The van der Waals surface area contributed by atoms with Gasteiger partial charge in [0.25, 0.3) is 0 Å². The van der Waals surface area contributed by atoms with Crippen LogP contribution in [0.15, 0.2) is 30.3 Å². The van der Waals surface area contributed by atoms with E-state index in [-0.39, 0.29) is 5.91 Å². The Hall–Kier alpha value is -1.39. The maximum atomic E-state index is 12.7.